The van der Waals surface area contributed by atoms with Crippen molar-refractivity contribution in [2.75, 3.05) is 26.8 Å². The molecule has 0 atom stereocenters. The molecule has 2 aromatic carbocycles. The van der Waals surface area contributed by atoms with Crippen molar-refractivity contribution in [3.05, 3.63) is 65.7 Å². The van der Waals surface area contributed by atoms with Crippen LogP contribution in [0.1, 0.15) is 35.7 Å². The summed E-state index contributed by atoms with van der Waals surface area (Å²) in [7, 11) is 1.60. The summed E-state index contributed by atoms with van der Waals surface area (Å²) in [5, 5.41) is 3.00. The Morgan fingerprint density at radius 2 is 1.79 bits per heavy atom. The fraction of sp³-hybridized carbons (Fsp3) is 0.320. The average molecular weight is 453 g/mol. The minimum Gasteiger partial charge on any atom is -0.497 e. The molecular formula is C25H28N2O6. The summed E-state index contributed by atoms with van der Waals surface area (Å²) in [4.78, 5) is 38.2. The zero-order valence-corrected chi connectivity index (χ0v) is 18.8. The van der Waals surface area contributed by atoms with Crippen molar-refractivity contribution in [2.45, 2.75) is 25.8 Å². The number of amides is 2. The Hall–Kier alpha value is -3.81. The molecule has 0 saturated carbocycles. The van der Waals surface area contributed by atoms with Crippen LogP contribution in [-0.2, 0) is 9.53 Å². The number of carbonyl (C=O) groups excluding carboxylic acids is 3. The minimum absolute atomic E-state index is 0.0145. The van der Waals surface area contributed by atoms with E-state index in [1.807, 2.05) is 24.3 Å². The summed E-state index contributed by atoms with van der Waals surface area (Å²) in [5.41, 5.74) is 1.36. The van der Waals surface area contributed by atoms with E-state index < -0.39 is 6.16 Å². The lowest BCUT2D eigenvalue weighted by molar-refractivity contribution is -0.127. The van der Waals surface area contributed by atoms with Gasteiger partial charge in [0.05, 0.1) is 13.7 Å². The molecule has 1 aliphatic rings. The van der Waals surface area contributed by atoms with Gasteiger partial charge in [0.1, 0.15) is 11.5 Å². The molecule has 174 valence electrons. The van der Waals surface area contributed by atoms with Crippen LogP contribution in [0.25, 0.3) is 6.08 Å². The lowest BCUT2D eigenvalue weighted by Crippen LogP contribution is -2.46. The molecule has 0 bridgehead atoms. The largest absolute Gasteiger partial charge is 0.513 e. The summed E-state index contributed by atoms with van der Waals surface area (Å²) in [6, 6.07) is 13.7. The van der Waals surface area contributed by atoms with E-state index in [1.54, 1.807) is 55.4 Å². The molecule has 2 aromatic rings. The maximum atomic E-state index is 12.5. The van der Waals surface area contributed by atoms with Crippen LogP contribution in [0.3, 0.4) is 0 Å². The highest BCUT2D eigenvalue weighted by atomic mass is 16.7. The topological polar surface area (TPSA) is 94.2 Å². The molecule has 1 aliphatic heterocycles. The number of nitrogens with one attached hydrogen (secondary N) is 1. The minimum atomic E-state index is -0.783. The molecule has 1 saturated heterocycles. The number of piperidine rings is 1. The third-order valence-electron chi connectivity index (χ3n) is 5.23. The zero-order valence-electron chi connectivity index (χ0n) is 18.8. The van der Waals surface area contributed by atoms with Gasteiger partial charge in [0.2, 0.25) is 5.91 Å². The standard InChI is InChI=1S/C25H28N2O6/c1-3-32-25(30)33-21-10-8-19(9-11-21)24(29)26-20-13-15-27(16-14-20)23(28)12-7-18-5-4-6-22(17-18)31-2/h4-12,17,20H,3,13-16H2,1-2H3,(H,26,29)/b12-7+. The third-order valence-corrected chi connectivity index (χ3v) is 5.23. The number of likely N-dealkylation sites (tertiary alicyclic amines) is 1. The van der Waals surface area contributed by atoms with Gasteiger partial charge >= 0.3 is 6.16 Å². The molecule has 8 heteroatoms. The SMILES string of the molecule is CCOC(=O)Oc1ccc(C(=O)NC2CCN(C(=O)/C=C/c3cccc(OC)c3)CC2)cc1. The maximum absolute atomic E-state index is 12.5. The fourth-order valence-corrected chi connectivity index (χ4v) is 3.45. The Morgan fingerprint density at radius 3 is 2.45 bits per heavy atom. The number of methoxy groups -OCH3 is 1. The van der Waals surface area contributed by atoms with Crippen molar-refractivity contribution in [3.8, 4) is 11.5 Å². The number of hydrogen-bond acceptors (Lipinski definition) is 6. The highest BCUT2D eigenvalue weighted by Gasteiger charge is 2.23. The predicted octanol–water partition coefficient (Wildman–Crippen LogP) is 3.66. The molecule has 0 aromatic heterocycles. The van der Waals surface area contributed by atoms with Crippen molar-refractivity contribution in [1.82, 2.24) is 10.2 Å². The summed E-state index contributed by atoms with van der Waals surface area (Å²) in [5.74, 6) is 0.779. The first-order chi connectivity index (χ1) is 16.0. The molecule has 33 heavy (non-hydrogen) atoms. The highest BCUT2D eigenvalue weighted by Crippen LogP contribution is 2.17. The van der Waals surface area contributed by atoms with Crippen molar-refractivity contribution in [3.63, 3.8) is 0 Å². The van der Waals surface area contributed by atoms with Crippen LogP contribution in [0.15, 0.2) is 54.6 Å². The summed E-state index contributed by atoms with van der Waals surface area (Å²) in [6.45, 7) is 3.05. The van der Waals surface area contributed by atoms with E-state index >= 15 is 0 Å². The number of carbonyl (C=O) groups is 3. The lowest BCUT2D eigenvalue weighted by Gasteiger charge is -2.31. The van der Waals surface area contributed by atoms with E-state index in [9.17, 15) is 14.4 Å². The second-order valence-electron chi connectivity index (χ2n) is 7.49. The van der Waals surface area contributed by atoms with Gasteiger partial charge in [-0.3, -0.25) is 9.59 Å². The van der Waals surface area contributed by atoms with Crippen LogP contribution < -0.4 is 14.8 Å². The lowest BCUT2D eigenvalue weighted by atomic mass is 10.0. The molecule has 0 radical (unpaired) electrons. The van der Waals surface area contributed by atoms with Crippen LogP contribution in [-0.4, -0.2) is 55.7 Å². The average Bonchev–Trinajstić information content (AvgIpc) is 2.83. The van der Waals surface area contributed by atoms with E-state index in [2.05, 4.69) is 5.32 Å². The van der Waals surface area contributed by atoms with E-state index in [1.165, 1.54) is 0 Å². The van der Waals surface area contributed by atoms with Crippen molar-refractivity contribution >= 4 is 24.0 Å². The number of nitrogens with zero attached hydrogens (tertiary/aromatic N) is 1. The fourth-order valence-electron chi connectivity index (χ4n) is 3.45. The van der Waals surface area contributed by atoms with Gasteiger partial charge in [-0.1, -0.05) is 12.1 Å². The molecule has 1 fully saturated rings. The van der Waals surface area contributed by atoms with Crippen molar-refractivity contribution in [2.24, 2.45) is 0 Å². The van der Waals surface area contributed by atoms with Crippen molar-refractivity contribution < 1.29 is 28.6 Å². The van der Waals surface area contributed by atoms with Gasteiger partial charge < -0.3 is 24.4 Å². The molecule has 1 heterocycles. The first kappa shape index (κ1) is 23.8. The Balaban J connectivity index is 1.45. The van der Waals surface area contributed by atoms with Gasteiger partial charge in [0, 0.05) is 30.8 Å². The van der Waals surface area contributed by atoms with Gasteiger partial charge in [0.25, 0.3) is 5.91 Å². The van der Waals surface area contributed by atoms with Crippen LogP contribution in [0, 0.1) is 0 Å². The predicted molar refractivity (Wildman–Crippen MR) is 123 cm³/mol. The van der Waals surface area contributed by atoms with Crippen LogP contribution >= 0.6 is 0 Å². The number of benzene rings is 2. The van der Waals surface area contributed by atoms with E-state index in [4.69, 9.17) is 14.2 Å². The molecule has 1 N–H and O–H groups in total. The normalized spacial score (nSPS) is 14.1. The van der Waals surface area contributed by atoms with Crippen molar-refractivity contribution in [1.29, 1.82) is 0 Å². The second-order valence-corrected chi connectivity index (χ2v) is 7.49. The Morgan fingerprint density at radius 1 is 1.06 bits per heavy atom. The summed E-state index contributed by atoms with van der Waals surface area (Å²) >= 11 is 0. The van der Waals surface area contributed by atoms with Crippen LogP contribution in [0.2, 0.25) is 0 Å². The smallest absolute Gasteiger partial charge is 0.497 e. The third kappa shape index (κ3) is 7.10. The number of ether oxygens (including phenoxy) is 3. The Labute approximate surface area is 193 Å². The number of hydrogen-bond donors (Lipinski definition) is 1. The van der Waals surface area contributed by atoms with Gasteiger partial charge in [-0.2, -0.15) is 0 Å². The quantitative estimate of drug-likeness (QED) is 0.391. The van der Waals surface area contributed by atoms with Gasteiger partial charge in [0.15, 0.2) is 0 Å². The Bertz CT molecular complexity index is 994. The first-order valence-corrected chi connectivity index (χ1v) is 10.8. The summed E-state index contributed by atoms with van der Waals surface area (Å²) < 4.78 is 14.9. The van der Waals surface area contributed by atoms with Gasteiger partial charge in [-0.05, 0) is 67.8 Å². The molecule has 2 amide bonds. The monoisotopic (exact) mass is 452 g/mol. The van der Waals surface area contributed by atoms with Crippen LogP contribution in [0.5, 0.6) is 11.5 Å². The Kier molecular flexibility index (Phi) is 8.46. The summed E-state index contributed by atoms with van der Waals surface area (Å²) in [6.07, 6.45) is 3.90. The number of rotatable bonds is 7. The highest BCUT2D eigenvalue weighted by molar-refractivity contribution is 5.94. The first-order valence-electron chi connectivity index (χ1n) is 10.8. The van der Waals surface area contributed by atoms with Gasteiger partial charge in [-0.15, -0.1) is 0 Å². The van der Waals surface area contributed by atoms with E-state index in [0.717, 1.165) is 11.3 Å². The molecule has 0 spiro atoms. The molecule has 0 aliphatic carbocycles. The molecule has 0 unspecified atom stereocenters. The van der Waals surface area contributed by atoms with E-state index in [0.29, 0.717) is 37.2 Å². The van der Waals surface area contributed by atoms with E-state index in [-0.39, 0.29) is 24.5 Å². The zero-order chi connectivity index (χ0) is 23.6. The second kappa shape index (κ2) is 11.7. The van der Waals surface area contributed by atoms with Gasteiger partial charge in [-0.25, -0.2) is 4.79 Å². The molecular weight excluding hydrogens is 424 g/mol. The maximum Gasteiger partial charge on any atom is 0.513 e. The molecule has 3 rings (SSSR count). The molecule has 8 nitrogen and oxygen atoms in total. The van der Waals surface area contributed by atoms with Crippen LogP contribution in [0.4, 0.5) is 4.79 Å².